The van der Waals surface area contributed by atoms with Gasteiger partial charge in [-0.15, -0.1) is 0 Å². The molecule has 0 aliphatic carbocycles. The molecule has 7 heteroatoms. The number of nitrogens with one attached hydrogen (secondary N) is 1. The Morgan fingerprint density at radius 2 is 1.63 bits per heavy atom. The van der Waals surface area contributed by atoms with Crippen LogP contribution in [0.3, 0.4) is 0 Å². The number of carbonyl (C=O) groups is 1. The molecule has 1 amide bonds. The predicted molar refractivity (Wildman–Crippen MR) is 112 cm³/mol. The molecule has 0 saturated carbocycles. The SMILES string of the molecule is O=C(C(Nc1ccc(Cl)cc1)c1ccc(C(F)(F)F)cc1)N1CCc2ccccc21. The molecule has 0 bridgehead atoms. The molecule has 154 valence electrons. The molecule has 1 aliphatic heterocycles. The van der Waals surface area contributed by atoms with E-state index in [9.17, 15) is 18.0 Å². The Balaban J connectivity index is 1.68. The molecule has 0 radical (unpaired) electrons. The monoisotopic (exact) mass is 430 g/mol. The van der Waals surface area contributed by atoms with Crippen LogP contribution in [0.1, 0.15) is 22.7 Å². The molecule has 0 saturated heterocycles. The molecule has 1 atom stereocenters. The highest BCUT2D eigenvalue weighted by Gasteiger charge is 2.33. The molecule has 1 N–H and O–H groups in total. The zero-order chi connectivity index (χ0) is 21.3. The van der Waals surface area contributed by atoms with Gasteiger partial charge in [0.2, 0.25) is 0 Å². The molecule has 3 aromatic carbocycles. The van der Waals surface area contributed by atoms with Crippen molar-refractivity contribution in [3.8, 4) is 0 Å². The fourth-order valence-corrected chi connectivity index (χ4v) is 3.71. The van der Waals surface area contributed by atoms with E-state index >= 15 is 0 Å². The van der Waals surface area contributed by atoms with Gasteiger partial charge in [-0.05, 0) is 60.0 Å². The van der Waals surface area contributed by atoms with Crippen LogP contribution in [0, 0.1) is 0 Å². The van der Waals surface area contributed by atoms with Crippen molar-refractivity contribution in [1.82, 2.24) is 0 Å². The van der Waals surface area contributed by atoms with E-state index in [1.54, 1.807) is 29.2 Å². The number of hydrogen-bond donors (Lipinski definition) is 1. The number of amides is 1. The van der Waals surface area contributed by atoms with Crippen LogP contribution in [0.4, 0.5) is 24.5 Å². The largest absolute Gasteiger partial charge is 0.416 e. The van der Waals surface area contributed by atoms with Gasteiger partial charge in [-0.25, -0.2) is 0 Å². The maximum Gasteiger partial charge on any atom is 0.416 e. The number of para-hydroxylation sites is 1. The van der Waals surface area contributed by atoms with Gasteiger partial charge in [0.25, 0.3) is 5.91 Å². The summed E-state index contributed by atoms with van der Waals surface area (Å²) >= 11 is 5.94. The first-order chi connectivity index (χ1) is 14.3. The average Bonchev–Trinajstić information content (AvgIpc) is 3.16. The zero-order valence-corrected chi connectivity index (χ0v) is 16.5. The maximum atomic E-state index is 13.5. The molecule has 3 nitrogen and oxygen atoms in total. The Morgan fingerprint density at radius 3 is 2.30 bits per heavy atom. The van der Waals surface area contributed by atoms with E-state index in [2.05, 4.69) is 5.32 Å². The van der Waals surface area contributed by atoms with Crippen molar-refractivity contribution < 1.29 is 18.0 Å². The van der Waals surface area contributed by atoms with Gasteiger partial charge >= 0.3 is 6.18 Å². The first kappa shape index (κ1) is 20.3. The first-order valence-corrected chi connectivity index (χ1v) is 9.79. The van der Waals surface area contributed by atoms with Crippen LogP contribution >= 0.6 is 11.6 Å². The van der Waals surface area contributed by atoms with Crippen molar-refractivity contribution in [2.75, 3.05) is 16.8 Å². The minimum absolute atomic E-state index is 0.227. The third-order valence-electron chi connectivity index (χ3n) is 5.13. The highest BCUT2D eigenvalue weighted by Crippen LogP contribution is 2.34. The lowest BCUT2D eigenvalue weighted by Crippen LogP contribution is -2.37. The Labute approximate surface area is 177 Å². The summed E-state index contributed by atoms with van der Waals surface area (Å²) in [6.45, 7) is 0.525. The summed E-state index contributed by atoms with van der Waals surface area (Å²) in [5, 5.41) is 3.70. The summed E-state index contributed by atoms with van der Waals surface area (Å²) in [4.78, 5) is 15.2. The molecule has 0 aromatic heterocycles. The van der Waals surface area contributed by atoms with Crippen molar-refractivity contribution >= 4 is 28.9 Å². The van der Waals surface area contributed by atoms with E-state index in [1.807, 2.05) is 24.3 Å². The van der Waals surface area contributed by atoms with E-state index in [-0.39, 0.29) is 5.91 Å². The van der Waals surface area contributed by atoms with Crippen molar-refractivity contribution in [3.05, 3.63) is 94.5 Å². The Hall–Kier alpha value is -2.99. The highest BCUT2D eigenvalue weighted by atomic mass is 35.5. The van der Waals surface area contributed by atoms with Gasteiger partial charge in [0.05, 0.1) is 5.56 Å². The topological polar surface area (TPSA) is 32.3 Å². The van der Waals surface area contributed by atoms with E-state index < -0.39 is 17.8 Å². The molecule has 1 aliphatic rings. The second-order valence-corrected chi connectivity index (χ2v) is 7.51. The molecule has 0 spiro atoms. The number of alkyl halides is 3. The lowest BCUT2D eigenvalue weighted by Gasteiger charge is -2.26. The van der Waals surface area contributed by atoms with Crippen LogP contribution in [-0.2, 0) is 17.4 Å². The predicted octanol–water partition coefficient (Wildman–Crippen LogP) is 6.10. The van der Waals surface area contributed by atoms with Gasteiger partial charge < -0.3 is 10.2 Å². The van der Waals surface area contributed by atoms with Gasteiger partial charge in [0.15, 0.2) is 0 Å². The fraction of sp³-hybridized carbons (Fsp3) is 0.174. The van der Waals surface area contributed by atoms with Gasteiger partial charge in [-0.2, -0.15) is 13.2 Å². The minimum Gasteiger partial charge on any atom is -0.370 e. The summed E-state index contributed by atoms with van der Waals surface area (Å²) in [7, 11) is 0. The number of fused-ring (bicyclic) bond motifs is 1. The van der Waals surface area contributed by atoms with Gasteiger partial charge in [0, 0.05) is 22.9 Å². The second-order valence-electron chi connectivity index (χ2n) is 7.07. The molecule has 3 aromatic rings. The minimum atomic E-state index is -4.43. The molecule has 1 unspecified atom stereocenters. The van der Waals surface area contributed by atoms with E-state index in [4.69, 9.17) is 11.6 Å². The van der Waals surface area contributed by atoms with E-state index in [0.717, 1.165) is 29.8 Å². The number of anilines is 2. The van der Waals surface area contributed by atoms with Crippen LogP contribution < -0.4 is 10.2 Å². The third kappa shape index (κ3) is 4.14. The number of carbonyl (C=O) groups excluding carboxylic acids is 1. The second kappa shape index (κ2) is 8.03. The lowest BCUT2D eigenvalue weighted by molar-refractivity contribution is -0.137. The Bertz CT molecular complexity index is 1050. The quantitative estimate of drug-likeness (QED) is 0.542. The van der Waals surface area contributed by atoms with Gasteiger partial charge in [-0.3, -0.25) is 4.79 Å². The number of benzene rings is 3. The van der Waals surface area contributed by atoms with Crippen molar-refractivity contribution in [3.63, 3.8) is 0 Å². The highest BCUT2D eigenvalue weighted by molar-refractivity contribution is 6.30. The molecule has 0 fully saturated rings. The molecular weight excluding hydrogens is 413 g/mol. The first-order valence-electron chi connectivity index (χ1n) is 9.41. The molecule has 30 heavy (non-hydrogen) atoms. The van der Waals surface area contributed by atoms with Crippen molar-refractivity contribution in [2.45, 2.75) is 18.6 Å². The summed E-state index contributed by atoms with van der Waals surface area (Å²) in [6, 6.07) is 18.3. The maximum absolute atomic E-state index is 13.5. The average molecular weight is 431 g/mol. The lowest BCUT2D eigenvalue weighted by atomic mass is 10.0. The third-order valence-corrected chi connectivity index (χ3v) is 5.38. The van der Waals surface area contributed by atoms with Crippen molar-refractivity contribution in [2.24, 2.45) is 0 Å². The Morgan fingerprint density at radius 1 is 0.967 bits per heavy atom. The Kier molecular flexibility index (Phi) is 5.43. The standard InChI is InChI=1S/C23H18ClF3N2O/c24-18-9-11-19(12-10-18)28-21(16-5-7-17(8-6-16)23(25,26)27)22(30)29-14-13-15-3-1-2-4-20(15)29/h1-12,21,28H,13-14H2. The van der Waals surface area contributed by atoms with Crippen LogP contribution in [0.25, 0.3) is 0 Å². The van der Waals surface area contributed by atoms with E-state index in [1.165, 1.54) is 12.1 Å². The summed E-state index contributed by atoms with van der Waals surface area (Å²) < 4.78 is 38.9. The van der Waals surface area contributed by atoms with Gasteiger partial charge in [-0.1, -0.05) is 41.9 Å². The van der Waals surface area contributed by atoms with Crippen LogP contribution in [0.2, 0.25) is 5.02 Å². The van der Waals surface area contributed by atoms with Crippen molar-refractivity contribution in [1.29, 1.82) is 0 Å². The summed E-state index contributed by atoms with van der Waals surface area (Å²) in [5.74, 6) is -0.227. The number of rotatable bonds is 4. The van der Waals surface area contributed by atoms with Crippen LogP contribution in [-0.4, -0.2) is 12.5 Å². The zero-order valence-electron chi connectivity index (χ0n) is 15.8. The molecule has 1 heterocycles. The summed E-state index contributed by atoms with van der Waals surface area (Å²) in [6.07, 6.45) is -3.70. The number of hydrogen-bond acceptors (Lipinski definition) is 2. The molecule has 4 rings (SSSR count). The van der Waals surface area contributed by atoms with Gasteiger partial charge in [0.1, 0.15) is 6.04 Å². The number of halogens is 4. The van der Waals surface area contributed by atoms with Crippen LogP contribution in [0.5, 0.6) is 0 Å². The smallest absolute Gasteiger partial charge is 0.370 e. The normalized spacial score (nSPS) is 14.3. The number of nitrogens with zero attached hydrogens (tertiary/aromatic N) is 1. The molecular formula is C23H18ClF3N2O. The van der Waals surface area contributed by atoms with E-state index in [0.29, 0.717) is 22.8 Å². The van der Waals surface area contributed by atoms with Crippen LogP contribution in [0.15, 0.2) is 72.8 Å². The fourth-order valence-electron chi connectivity index (χ4n) is 3.59. The summed E-state index contributed by atoms with van der Waals surface area (Å²) in [5.41, 5.74) is 2.24.